The van der Waals surface area contributed by atoms with Gasteiger partial charge in [-0.2, -0.15) is 5.10 Å². The molecule has 1 unspecified atom stereocenters. The van der Waals surface area contributed by atoms with E-state index in [-0.39, 0.29) is 18.5 Å². The Hall–Kier alpha value is -2.80. The van der Waals surface area contributed by atoms with E-state index in [0.717, 1.165) is 15.9 Å². The molecule has 1 atom stereocenters. The first kappa shape index (κ1) is 16.7. The molecule has 0 fully saturated rings. The van der Waals surface area contributed by atoms with Crippen molar-refractivity contribution in [2.75, 3.05) is 11.9 Å². The SMILES string of the molecule is O=C(CNc1ccc(Br)cc1)N1N=C(c2ccco2)CC1c1ccco1. The second-order valence-electron chi connectivity index (χ2n) is 5.86. The van der Waals surface area contributed by atoms with E-state index < -0.39 is 0 Å². The van der Waals surface area contributed by atoms with E-state index in [1.54, 1.807) is 18.6 Å². The van der Waals surface area contributed by atoms with Crippen molar-refractivity contribution in [1.29, 1.82) is 0 Å². The largest absolute Gasteiger partial charge is 0.467 e. The molecule has 7 heteroatoms. The average molecular weight is 414 g/mol. The Bertz CT molecular complexity index is 902. The lowest BCUT2D eigenvalue weighted by atomic mass is 10.1. The third-order valence-electron chi connectivity index (χ3n) is 4.13. The summed E-state index contributed by atoms with van der Waals surface area (Å²) in [4.78, 5) is 12.8. The first-order valence-corrected chi connectivity index (χ1v) is 8.96. The molecule has 0 radical (unpaired) electrons. The fraction of sp³-hybridized carbons (Fsp3) is 0.158. The van der Waals surface area contributed by atoms with Crippen LogP contribution in [0.25, 0.3) is 0 Å². The van der Waals surface area contributed by atoms with Gasteiger partial charge in [0.2, 0.25) is 0 Å². The summed E-state index contributed by atoms with van der Waals surface area (Å²) in [6.07, 6.45) is 3.74. The topological polar surface area (TPSA) is 71.0 Å². The minimum atomic E-state index is -0.274. The van der Waals surface area contributed by atoms with Gasteiger partial charge >= 0.3 is 0 Å². The van der Waals surface area contributed by atoms with E-state index in [4.69, 9.17) is 8.83 Å². The van der Waals surface area contributed by atoms with Gasteiger partial charge in [0.15, 0.2) is 0 Å². The Morgan fingerprint density at radius 3 is 2.62 bits per heavy atom. The molecule has 26 heavy (non-hydrogen) atoms. The predicted octanol–water partition coefficient (Wildman–Crippen LogP) is 4.42. The zero-order valence-corrected chi connectivity index (χ0v) is 15.3. The third kappa shape index (κ3) is 3.43. The standard InChI is InChI=1S/C19H16BrN3O3/c20-13-5-7-14(8-6-13)21-12-19(24)23-16(18-4-2-10-26-18)11-15(22-23)17-3-1-9-25-17/h1-10,16,21H,11-12H2. The van der Waals surface area contributed by atoms with Crippen LogP contribution in [-0.4, -0.2) is 23.2 Å². The number of anilines is 1. The normalized spacial score (nSPS) is 16.6. The molecule has 0 saturated heterocycles. The first-order chi connectivity index (χ1) is 12.7. The number of benzene rings is 1. The molecule has 132 valence electrons. The van der Waals surface area contributed by atoms with Crippen molar-refractivity contribution in [1.82, 2.24) is 5.01 Å². The summed E-state index contributed by atoms with van der Waals surface area (Å²) in [6.45, 7) is 0.133. The number of rotatable bonds is 5. The molecule has 4 rings (SSSR count). The predicted molar refractivity (Wildman–Crippen MR) is 101 cm³/mol. The number of hydrogen-bond acceptors (Lipinski definition) is 5. The number of hydrogen-bond donors (Lipinski definition) is 1. The Morgan fingerprint density at radius 1 is 1.15 bits per heavy atom. The average Bonchev–Trinajstić information content (AvgIpc) is 3.41. The fourth-order valence-corrected chi connectivity index (χ4v) is 3.13. The molecular weight excluding hydrogens is 398 g/mol. The number of amides is 1. The lowest BCUT2D eigenvalue weighted by molar-refractivity contribution is -0.131. The van der Waals surface area contributed by atoms with Crippen LogP contribution in [0.3, 0.4) is 0 Å². The summed E-state index contributed by atoms with van der Waals surface area (Å²) < 4.78 is 11.9. The summed E-state index contributed by atoms with van der Waals surface area (Å²) in [5.74, 6) is 1.22. The van der Waals surface area contributed by atoms with E-state index in [0.29, 0.717) is 17.9 Å². The molecule has 1 aliphatic heterocycles. The third-order valence-corrected chi connectivity index (χ3v) is 4.66. The lowest BCUT2D eigenvalue weighted by Gasteiger charge is -2.20. The van der Waals surface area contributed by atoms with Crippen molar-refractivity contribution in [3.63, 3.8) is 0 Å². The maximum absolute atomic E-state index is 12.8. The molecule has 1 amide bonds. The first-order valence-electron chi connectivity index (χ1n) is 8.17. The summed E-state index contributed by atoms with van der Waals surface area (Å²) in [7, 11) is 0. The molecule has 1 aliphatic rings. The Balaban J connectivity index is 1.52. The quantitative estimate of drug-likeness (QED) is 0.671. The Labute approximate surface area is 158 Å². The van der Waals surface area contributed by atoms with Crippen molar-refractivity contribution >= 4 is 33.2 Å². The van der Waals surface area contributed by atoms with Crippen molar-refractivity contribution in [2.45, 2.75) is 12.5 Å². The highest BCUT2D eigenvalue weighted by atomic mass is 79.9. The Kier molecular flexibility index (Phi) is 4.62. The monoisotopic (exact) mass is 413 g/mol. The van der Waals surface area contributed by atoms with Crippen molar-refractivity contribution in [3.8, 4) is 0 Å². The number of halogens is 1. The number of hydrazone groups is 1. The molecule has 0 saturated carbocycles. The van der Waals surface area contributed by atoms with Gasteiger partial charge in [-0.3, -0.25) is 4.79 Å². The molecular formula is C19H16BrN3O3. The van der Waals surface area contributed by atoms with Crippen molar-refractivity contribution in [2.24, 2.45) is 5.10 Å². The summed E-state index contributed by atoms with van der Waals surface area (Å²) in [5, 5.41) is 9.10. The highest BCUT2D eigenvalue weighted by Gasteiger charge is 2.35. The molecule has 1 N–H and O–H groups in total. The number of nitrogens with zero attached hydrogens (tertiary/aromatic N) is 2. The van der Waals surface area contributed by atoms with Gasteiger partial charge in [0.05, 0.1) is 19.1 Å². The summed E-state index contributed by atoms with van der Waals surface area (Å²) in [5.41, 5.74) is 1.60. The van der Waals surface area contributed by atoms with E-state index in [1.165, 1.54) is 5.01 Å². The zero-order valence-electron chi connectivity index (χ0n) is 13.8. The summed E-state index contributed by atoms with van der Waals surface area (Å²) in [6, 6.07) is 14.7. The van der Waals surface area contributed by atoms with Crippen LogP contribution in [-0.2, 0) is 4.79 Å². The van der Waals surface area contributed by atoms with Gasteiger partial charge in [0.1, 0.15) is 23.3 Å². The highest BCUT2D eigenvalue weighted by molar-refractivity contribution is 9.10. The van der Waals surface area contributed by atoms with Gasteiger partial charge < -0.3 is 14.2 Å². The van der Waals surface area contributed by atoms with E-state index in [9.17, 15) is 4.79 Å². The second-order valence-corrected chi connectivity index (χ2v) is 6.77. The van der Waals surface area contributed by atoms with E-state index in [2.05, 4.69) is 26.3 Å². The van der Waals surface area contributed by atoms with Crippen molar-refractivity contribution in [3.05, 3.63) is 77.1 Å². The molecule has 0 bridgehead atoms. The van der Waals surface area contributed by atoms with E-state index >= 15 is 0 Å². The van der Waals surface area contributed by atoms with Crippen molar-refractivity contribution < 1.29 is 13.6 Å². The van der Waals surface area contributed by atoms with Crippen LogP contribution < -0.4 is 5.32 Å². The molecule has 2 aromatic heterocycles. The van der Waals surface area contributed by atoms with Gasteiger partial charge in [-0.25, -0.2) is 5.01 Å². The van der Waals surface area contributed by atoms with Crippen LogP contribution in [0.15, 0.2) is 79.5 Å². The lowest BCUT2D eigenvalue weighted by Crippen LogP contribution is -2.32. The maximum Gasteiger partial charge on any atom is 0.262 e. The maximum atomic E-state index is 12.8. The smallest absolute Gasteiger partial charge is 0.262 e. The molecule has 3 heterocycles. The van der Waals surface area contributed by atoms with Crippen LogP contribution in [0.4, 0.5) is 5.69 Å². The van der Waals surface area contributed by atoms with Gasteiger partial charge in [0.25, 0.3) is 5.91 Å². The van der Waals surface area contributed by atoms with Crippen LogP contribution in [0.5, 0.6) is 0 Å². The molecule has 6 nitrogen and oxygen atoms in total. The van der Waals surface area contributed by atoms with Gasteiger partial charge in [-0.1, -0.05) is 15.9 Å². The number of furan rings is 2. The van der Waals surface area contributed by atoms with Crippen LogP contribution >= 0.6 is 15.9 Å². The Morgan fingerprint density at radius 2 is 1.92 bits per heavy atom. The van der Waals surface area contributed by atoms with Gasteiger partial charge in [-0.15, -0.1) is 0 Å². The molecule has 3 aromatic rings. The minimum Gasteiger partial charge on any atom is -0.467 e. The fourth-order valence-electron chi connectivity index (χ4n) is 2.86. The molecule has 0 spiro atoms. The van der Waals surface area contributed by atoms with E-state index in [1.807, 2.05) is 42.5 Å². The van der Waals surface area contributed by atoms with Crippen LogP contribution in [0.2, 0.25) is 0 Å². The molecule has 0 aliphatic carbocycles. The van der Waals surface area contributed by atoms with Gasteiger partial charge in [-0.05, 0) is 48.5 Å². The van der Waals surface area contributed by atoms with Gasteiger partial charge in [0, 0.05) is 16.6 Å². The van der Waals surface area contributed by atoms with Crippen LogP contribution in [0, 0.1) is 0 Å². The number of nitrogens with one attached hydrogen (secondary N) is 1. The number of carbonyl (C=O) groups excluding carboxylic acids is 1. The zero-order chi connectivity index (χ0) is 17.9. The second kappa shape index (κ2) is 7.21. The van der Waals surface area contributed by atoms with Crippen LogP contribution in [0.1, 0.15) is 24.0 Å². The number of carbonyl (C=O) groups is 1. The minimum absolute atomic E-state index is 0.133. The molecule has 1 aromatic carbocycles. The highest BCUT2D eigenvalue weighted by Crippen LogP contribution is 2.33. The summed E-state index contributed by atoms with van der Waals surface area (Å²) >= 11 is 3.39.